The molecular weight excluding hydrogens is 318 g/mol. The summed E-state index contributed by atoms with van der Waals surface area (Å²) >= 11 is 3.70. The lowest BCUT2D eigenvalue weighted by atomic mass is 9.85. The molecule has 0 spiro atoms. The fourth-order valence-corrected chi connectivity index (χ4v) is 3.71. The Kier molecular flexibility index (Phi) is 6.02. The Hall–Kier alpha value is -0.900. The lowest BCUT2D eigenvalue weighted by Gasteiger charge is -2.22. The molecule has 1 unspecified atom stereocenters. The van der Waals surface area contributed by atoms with Gasteiger partial charge in [-0.15, -0.1) is 0 Å². The number of hydrogen-bond acceptors (Lipinski definition) is 2. The van der Waals surface area contributed by atoms with Gasteiger partial charge >= 0.3 is 0 Å². The van der Waals surface area contributed by atoms with Gasteiger partial charge in [-0.3, -0.25) is 10.1 Å². The number of para-hydroxylation sites is 1. The maximum absolute atomic E-state index is 11.0. The zero-order valence-corrected chi connectivity index (χ0v) is 13.3. The summed E-state index contributed by atoms with van der Waals surface area (Å²) < 4.78 is 0. The molecule has 20 heavy (non-hydrogen) atoms. The lowest BCUT2D eigenvalue weighted by Crippen LogP contribution is -2.11. The molecule has 3 nitrogen and oxygen atoms in total. The van der Waals surface area contributed by atoms with Gasteiger partial charge in [-0.05, 0) is 25.2 Å². The predicted octanol–water partition coefficient (Wildman–Crippen LogP) is 5.26. The second-order valence-corrected chi connectivity index (χ2v) is 7.06. The quantitative estimate of drug-likeness (QED) is 0.403. The molecule has 0 heterocycles. The summed E-state index contributed by atoms with van der Waals surface area (Å²) in [7, 11) is 0. The molecule has 0 aromatic heterocycles. The van der Waals surface area contributed by atoms with Gasteiger partial charge < -0.3 is 0 Å². The first kappa shape index (κ1) is 15.5. The van der Waals surface area contributed by atoms with Crippen molar-refractivity contribution in [3.8, 4) is 0 Å². The molecule has 1 aliphatic rings. The predicted molar refractivity (Wildman–Crippen MR) is 85.3 cm³/mol. The van der Waals surface area contributed by atoms with E-state index in [9.17, 15) is 10.1 Å². The molecule has 0 amide bonds. The van der Waals surface area contributed by atoms with Gasteiger partial charge in [0.1, 0.15) is 0 Å². The van der Waals surface area contributed by atoms with Crippen molar-refractivity contribution in [1.29, 1.82) is 0 Å². The molecule has 0 radical (unpaired) electrons. The van der Waals surface area contributed by atoms with Gasteiger partial charge in [-0.2, -0.15) is 0 Å². The molecule has 0 bridgehead atoms. The zero-order chi connectivity index (χ0) is 14.4. The van der Waals surface area contributed by atoms with Crippen molar-refractivity contribution in [2.24, 2.45) is 5.92 Å². The van der Waals surface area contributed by atoms with Crippen molar-refractivity contribution < 1.29 is 4.92 Å². The Morgan fingerprint density at radius 2 is 1.95 bits per heavy atom. The molecular formula is C16H22BrNO2. The van der Waals surface area contributed by atoms with E-state index in [-0.39, 0.29) is 10.6 Å². The maximum atomic E-state index is 11.0. The Morgan fingerprint density at radius 3 is 2.65 bits per heavy atom. The Balaban J connectivity index is 1.84. The van der Waals surface area contributed by atoms with Crippen LogP contribution in [0.2, 0.25) is 0 Å². The van der Waals surface area contributed by atoms with Crippen LogP contribution in [0.15, 0.2) is 24.3 Å². The van der Waals surface area contributed by atoms with Crippen molar-refractivity contribution in [2.75, 3.05) is 0 Å². The third-order valence-corrected chi connectivity index (χ3v) is 5.02. The van der Waals surface area contributed by atoms with E-state index in [0.717, 1.165) is 24.3 Å². The van der Waals surface area contributed by atoms with E-state index >= 15 is 0 Å². The van der Waals surface area contributed by atoms with Gasteiger partial charge in [0.05, 0.1) is 4.92 Å². The van der Waals surface area contributed by atoms with Gasteiger partial charge in [0.2, 0.25) is 0 Å². The highest BCUT2D eigenvalue weighted by molar-refractivity contribution is 9.09. The average Bonchev–Trinajstić information content (AvgIpc) is 2.46. The number of nitro groups is 1. The summed E-state index contributed by atoms with van der Waals surface area (Å²) in [6, 6.07) is 7.07. The maximum Gasteiger partial charge on any atom is 0.272 e. The molecule has 0 N–H and O–H groups in total. The highest BCUT2D eigenvalue weighted by Crippen LogP contribution is 2.30. The van der Waals surface area contributed by atoms with Crippen molar-refractivity contribution in [3.05, 3.63) is 39.9 Å². The molecule has 0 saturated heterocycles. The average molecular weight is 340 g/mol. The minimum atomic E-state index is -0.282. The third-order valence-electron chi connectivity index (χ3n) is 4.24. The van der Waals surface area contributed by atoms with Gasteiger partial charge in [0.15, 0.2) is 0 Å². The van der Waals surface area contributed by atoms with Crippen LogP contribution in [0.4, 0.5) is 5.69 Å². The van der Waals surface area contributed by atoms with Gasteiger partial charge in [-0.25, -0.2) is 0 Å². The Labute approximate surface area is 129 Å². The van der Waals surface area contributed by atoms with Gasteiger partial charge in [0, 0.05) is 16.5 Å². The van der Waals surface area contributed by atoms with Crippen molar-refractivity contribution in [1.82, 2.24) is 0 Å². The first-order chi connectivity index (χ1) is 9.66. The number of alkyl halides is 1. The third kappa shape index (κ3) is 4.58. The van der Waals surface area contributed by atoms with E-state index < -0.39 is 0 Å². The molecule has 4 heteroatoms. The van der Waals surface area contributed by atoms with Gasteiger partial charge in [0.25, 0.3) is 5.69 Å². The fourth-order valence-electron chi connectivity index (χ4n) is 3.09. The summed E-state index contributed by atoms with van der Waals surface area (Å²) in [4.78, 5) is 11.1. The highest BCUT2D eigenvalue weighted by Gasteiger charge is 2.18. The normalized spacial score (nSPS) is 17.9. The van der Waals surface area contributed by atoms with E-state index in [1.54, 1.807) is 12.1 Å². The molecule has 1 aromatic carbocycles. The highest BCUT2D eigenvalue weighted by atomic mass is 79.9. The van der Waals surface area contributed by atoms with E-state index in [4.69, 9.17) is 0 Å². The second kappa shape index (κ2) is 7.77. The van der Waals surface area contributed by atoms with Crippen LogP contribution in [0.5, 0.6) is 0 Å². The monoisotopic (exact) mass is 339 g/mol. The molecule has 2 rings (SSSR count). The van der Waals surface area contributed by atoms with Crippen molar-refractivity contribution >= 4 is 21.6 Å². The number of benzene rings is 1. The molecule has 0 aliphatic heterocycles. The number of nitro benzene ring substituents is 1. The summed E-state index contributed by atoms with van der Waals surface area (Å²) in [6.07, 6.45) is 9.97. The number of hydrogen-bond donors (Lipinski definition) is 0. The summed E-state index contributed by atoms with van der Waals surface area (Å²) in [5.74, 6) is 0.870. The van der Waals surface area contributed by atoms with Crippen LogP contribution >= 0.6 is 15.9 Å². The largest absolute Gasteiger partial charge is 0.272 e. The lowest BCUT2D eigenvalue weighted by molar-refractivity contribution is -0.385. The molecule has 110 valence electrons. The molecule has 1 aliphatic carbocycles. The van der Waals surface area contributed by atoms with E-state index in [1.165, 1.54) is 38.5 Å². The topological polar surface area (TPSA) is 43.1 Å². The van der Waals surface area contributed by atoms with Crippen LogP contribution in [0, 0.1) is 16.0 Å². The van der Waals surface area contributed by atoms with E-state index in [0.29, 0.717) is 4.83 Å². The molecule has 1 saturated carbocycles. The Bertz CT molecular complexity index is 444. The minimum Gasteiger partial charge on any atom is -0.258 e. The van der Waals surface area contributed by atoms with Crippen LogP contribution < -0.4 is 0 Å². The van der Waals surface area contributed by atoms with Crippen molar-refractivity contribution in [2.45, 2.75) is 56.2 Å². The van der Waals surface area contributed by atoms with Gasteiger partial charge in [-0.1, -0.05) is 66.2 Å². The van der Waals surface area contributed by atoms with Crippen molar-refractivity contribution in [3.63, 3.8) is 0 Å². The van der Waals surface area contributed by atoms with Crippen LogP contribution in [-0.4, -0.2) is 9.75 Å². The number of halogens is 1. The molecule has 1 atom stereocenters. The summed E-state index contributed by atoms with van der Waals surface area (Å²) in [5.41, 5.74) is 1.08. The zero-order valence-electron chi connectivity index (χ0n) is 11.8. The molecule has 1 aromatic rings. The number of rotatable bonds is 6. The standard InChI is InChI=1S/C16H22BrNO2/c17-15(11-10-13-6-2-1-3-7-13)12-14-8-4-5-9-16(14)18(19)20/h4-5,8-9,13,15H,1-3,6-7,10-12H2. The second-order valence-electron chi connectivity index (χ2n) is 5.77. The smallest absolute Gasteiger partial charge is 0.258 e. The summed E-state index contributed by atoms with van der Waals surface area (Å²) in [6.45, 7) is 0. The first-order valence-electron chi connectivity index (χ1n) is 7.53. The first-order valence-corrected chi connectivity index (χ1v) is 8.44. The van der Waals surface area contributed by atoms with Crippen LogP contribution in [0.1, 0.15) is 50.5 Å². The number of nitrogens with zero attached hydrogens (tertiary/aromatic N) is 1. The van der Waals surface area contributed by atoms with Crippen LogP contribution in [-0.2, 0) is 6.42 Å². The molecule has 1 fully saturated rings. The van der Waals surface area contributed by atoms with Crippen LogP contribution in [0.3, 0.4) is 0 Å². The summed E-state index contributed by atoms with van der Waals surface area (Å²) in [5, 5.41) is 11.0. The van der Waals surface area contributed by atoms with Crippen LogP contribution in [0.25, 0.3) is 0 Å². The van der Waals surface area contributed by atoms with E-state index in [2.05, 4.69) is 15.9 Å². The fraction of sp³-hybridized carbons (Fsp3) is 0.625. The van der Waals surface area contributed by atoms with E-state index in [1.807, 2.05) is 12.1 Å². The SMILES string of the molecule is O=[N+]([O-])c1ccccc1CC(Br)CCC1CCCCC1. The Morgan fingerprint density at radius 1 is 1.25 bits per heavy atom. The minimum absolute atomic E-state index is 0.245.